The first-order valence-electron chi connectivity index (χ1n) is 3.31. The summed E-state index contributed by atoms with van der Waals surface area (Å²) < 4.78 is -0.711. The van der Waals surface area contributed by atoms with Crippen LogP contribution in [0.2, 0.25) is 0 Å². The molecule has 0 amide bonds. The molecule has 0 aliphatic heterocycles. The summed E-state index contributed by atoms with van der Waals surface area (Å²) in [6, 6.07) is 0. The molecule has 0 atom stereocenters. The van der Waals surface area contributed by atoms with Gasteiger partial charge in [0.15, 0.2) is 0 Å². The van der Waals surface area contributed by atoms with Gasteiger partial charge in [-0.1, -0.05) is 0 Å². The fraction of sp³-hybridized carbons (Fsp3) is 0.625. The average Bonchev–Trinajstić information content (AvgIpc) is 1.88. The first kappa shape index (κ1) is 10.4. The molecule has 0 fully saturated rings. The summed E-state index contributed by atoms with van der Waals surface area (Å²) in [7, 11) is 0. The number of carbonyl (C=O) groups is 1. The van der Waals surface area contributed by atoms with Gasteiger partial charge in [0.2, 0.25) is 0 Å². The third kappa shape index (κ3) is 3.94. The second-order valence-electron chi connectivity index (χ2n) is 2.62. The number of terminal acetylenes is 1. The summed E-state index contributed by atoms with van der Waals surface area (Å²) in [4.78, 5) is 10.5. The van der Waals surface area contributed by atoms with Gasteiger partial charge in [-0.25, -0.2) is 0 Å². The van der Waals surface area contributed by atoms with Crippen molar-refractivity contribution >= 4 is 17.7 Å². The fourth-order valence-electron chi connectivity index (χ4n) is 0.427. The van der Waals surface area contributed by atoms with Gasteiger partial charge in [-0.05, 0) is 13.8 Å². The quantitative estimate of drug-likeness (QED) is 0.517. The highest BCUT2D eigenvalue weighted by Gasteiger charge is 2.26. The van der Waals surface area contributed by atoms with Crippen LogP contribution in [0.3, 0.4) is 0 Å². The molecule has 2 nitrogen and oxygen atoms in total. The third-order valence-electron chi connectivity index (χ3n) is 1.22. The molecule has 0 aliphatic rings. The monoisotopic (exact) mass is 172 g/mol. The van der Waals surface area contributed by atoms with E-state index in [1.165, 1.54) is 11.8 Å². The second kappa shape index (κ2) is 4.30. The van der Waals surface area contributed by atoms with Gasteiger partial charge < -0.3 is 5.11 Å². The molecular weight excluding hydrogens is 160 g/mol. The van der Waals surface area contributed by atoms with Crippen molar-refractivity contribution in [2.75, 3.05) is 5.75 Å². The first-order chi connectivity index (χ1) is 5.00. The lowest BCUT2D eigenvalue weighted by molar-refractivity contribution is -0.138. The normalized spacial score (nSPS) is 10.6. The van der Waals surface area contributed by atoms with E-state index in [2.05, 4.69) is 5.92 Å². The Morgan fingerprint density at radius 2 is 2.27 bits per heavy atom. The van der Waals surface area contributed by atoms with Crippen molar-refractivity contribution in [3.63, 3.8) is 0 Å². The van der Waals surface area contributed by atoms with Crippen LogP contribution in [-0.4, -0.2) is 21.6 Å². The van der Waals surface area contributed by atoms with Gasteiger partial charge >= 0.3 is 5.97 Å². The Balaban J connectivity index is 3.75. The van der Waals surface area contributed by atoms with Crippen LogP contribution in [0.5, 0.6) is 0 Å². The maximum Gasteiger partial charge on any atom is 0.319 e. The van der Waals surface area contributed by atoms with Crippen LogP contribution >= 0.6 is 11.8 Å². The maximum atomic E-state index is 10.5. The van der Waals surface area contributed by atoms with E-state index in [9.17, 15) is 4.79 Å². The Labute approximate surface area is 71.4 Å². The van der Waals surface area contributed by atoms with E-state index in [4.69, 9.17) is 11.5 Å². The van der Waals surface area contributed by atoms with E-state index >= 15 is 0 Å². The molecule has 0 aromatic carbocycles. The standard InChI is InChI=1S/C8H12O2S/c1-4-5-6-11-8(2,3)7(9)10/h1H,5-6H2,2-3H3,(H,9,10). The molecule has 3 heteroatoms. The summed E-state index contributed by atoms with van der Waals surface area (Å²) in [5.74, 6) is 2.38. The van der Waals surface area contributed by atoms with Gasteiger partial charge in [-0.2, -0.15) is 0 Å². The zero-order valence-corrected chi connectivity index (χ0v) is 7.57. The molecule has 0 unspecified atom stereocenters. The minimum absolute atomic E-state index is 0.626. The highest BCUT2D eigenvalue weighted by atomic mass is 32.2. The van der Waals surface area contributed by atoms with Gasteiger partial charge in [0.05, 0.1) is 0 Å². The van der Waals surface area contributed by atoms with Crippen LogP contribution < -0.4 is 0 Å². The van der Waals surface area contributed by atoms with Gasteiger partial charge in [-0.15, -0.1) is 24.1 Å². The van der Waals surface area contributed by atoms with E-state index < -0.39 is 10.7 Å². The van der Waals surface area contributed by atoms with Gasteiger partial charge in [0, 0.05) is 12.2 Å². The first-order valence-corrected chi connectivity index (χ1v) is 4.30. The number of thioether (sulfide) groups is 1. The number of carboxylic acids is 1. The summed E-state index contributed by atoms with van der Waals surface area (Å²) in [5, 5.41) is 8.67. The van der Waals surface area contributed by atoms with Gasteiger partial charge in [0.1, 0.15) is 4.75 Å². The van der Waals surface area contributed by atoms with E-state index in [1.807, 2.05) is 0 Å². The fourth-order valence-corrected chi connectivity index (χ4v) is 1.28. The average molecular weight is 172 g/mol. The lowest BCUT2D eigenvalue weighted by Crippen LogP contribution is -2.27. The smallest absolute Gasteiger partial charge is 0.319 e. The van der Waals surface area contributed by atoms with Crippen molar-refractivity contribution in [3.05, 3.63) is 0 Å². The molecule has 0 rings (SSSR count). The van der Waals surface area contributed by atoms with E-state index in [-0.39, 0.29) is 0 Å². The predicted molar refractivity (Wildman–Crippen MR) is 47.6 cm³/mol. The molecule has 0 bridgehead atoms. The maximum absolute atomic E-state index is 10.5. The van der Waals surface area contributed by atoms with Crippen LogP contribution in [0, 0.1) is 12.3 Å². The predicted octanol–water partition coefficient (Wildman–Crippen LogP) is 1.61. The highest BCUT2D eigenvalue weighted by molar-refractivity contribution is 8.01. The van der Waals surface area contributed by atoms with Crippen LogP contribution in [0.1, 0.15) is 20.3 Å². The van der Waals surface area contributed by atoms with Crippen molar-refractivity contribution in [2.45, 2.75) is 25.0 Å². The van der Waals surface area contributed by atoms with Crippen LogP contribution in [-0.2, 0) is 4.79 Å². The number of aliphatic carboxylic acids is 1. The van der Waals surface area contributed by atoms with Crippen molar-refractivity contribution in [1.29, 1.82) is 0 Å². The summed E-state index contributed by atoms with van der Waals surface area (Å²) >= 11 is 1.37. The van der Waals surface area contributed by atoms with Crippen LogP contribution in [0.4, 0.5) is 0 Å². The third-order valence-corrected chi connectivity index (χ3v) is 2.53. The Morgan fingerprint density at radius 1 is 1.73 bits per heavy atom. The number of hydrogen-bond acceptors (Lipinski definition) is 2. The zero-order chi connectivity index (χ0) is 8.91. The molecule has 0 heterocycles. The molecule has 62 valence electrons. The molecule has 1 N–H and O–H groups in total. The second-order valence-corrected chi connectivity index (χ2v) is 4.34. The van der Waals surface area contributed by atoms with Crippen molar-refractivity contribution in [2.24, 2.45) is 0 Å². The molecule has 0 spiro atoms. The number of rotatable bonds is 4. The number of hydrogen-bond donors (Lipinski definition) is 1. The molecule has 0 saturated carbocycles. The number of carboxylic acid groups (broad SMARTS) is 1. The Hall–Kier alpha value is -0.620. The molecule has 0 aliphatic carbocycles. The van der Waals surface area contributed by atoms with E-state index in [1.54, 1.807) is 13.8 Å². The van der Waals surface area contributed by atoms with Crippen molar-refractivity contribution in [1.82, 2.24) is 0 Å². The minimum Gasteiger partial charge on any atom is -0.480 e. The van der Waals surface area contributed by atoms with E-state index in [0.29, 0.717) is 12.2 Å². The zero-order valence-electron chi connectivity index (χ0n) is 6.76. The summed E-state index contributed by atoms with van der Waals surface area (Å²) in [6.45, 7) is 3.35. The largest absolute Gasteiger partial charge is 0.480 e. The summed E-state index contributed by atoms with van der Waals surface area (Å²) in [5.41, 5.74) is 0. The molecule has 0 aromatic rings. The van der Waals surface area contributed by atoms with Crippen molar-refractivity contribution < 1.29 is 9.90 Å². The lowest BCUT2D eigenvalue weighted by Gasteiger charge is -2.17. The molecule has 0 aromatic heterocycles. The van der Waals surface area contributed by atoms with Gasteiger partial charge in [-0.3, -0.25) is 4.79 Å². The molecule has 0 saturated heterocycles. The molecule has 0 radical (unpaired) electrons. The minimum atomic E-state index is -0.792. The van der Waals surface area contributed by atoms with Crippen LogP contribution in [0.15, 0.2) is 0 Å². The Kier molecular flexibility index (Phi) is 4.06. The van der Waals surface area contributed by atoms with Crippen LogP contribution in [0.25, 0.3) is 0 Å². The Morgan fingerprint density at radius 3 is 2.64 bits per heavy atom. The highest BCUT2D eigenvalue weighted by Crippen LogP contribution is 2.24. The summed E-state index contributed by atoms with van der Waals surface area (Å²) in [6.07, 6.45) is 5.65. The lowest BCUT2D eigenvalue weighted by atomic mass is 10.2. The topological polar surface area (TPSA) is 37.3 Å². The van der Waals surface area contributed by atoms with E-state index in [0.717, 1.165) is 0 Å². The Bertz CT molecular complexity index is 179. The van der Waals surface area contributed by atoms with Crippen molar-refractivity contribution in [3.8, 4) is 12.3 Å². The molecule has 11 heavy (non-hydrogen) atoms. The molecular formula is C8H12O2S. The van der Waals surface area contributed by atoms with Gasteiger partial charge in [0.25, 0.3) is 0 Å². The SMILES string of the molecule is C#CCCSC(C)(C)C(=O)O.